The van der Waals surface area contributed by atoms with Gasteiger partial charge in [0.05, 0.1) is 30.4 Å². The second-order valence-corrected chi connectivity index (χ2v) is 8.20. The molecule has 1 fully saturated rings. The number of nitrogens with one attached hydrogen (secondary N) is 1. The fourth-order valence-electron chi connectivity index (χ4n) is 3.21. The van der Waals surface area contributed by atoms with Crippen LogP contribution < -0.4 is 14.2 Å². The molecule has 2 aromatic carbocycles. The number of hydrogen-bond acceptors (Lipinski definition) is 5. The van der Waals surface area contributed by atoms with E-state index in [-0.39, 0.29) is 16.5 Å². The predicted octanol–water partition coefficient (Wildman–Crippen LogP) is 3.13. The molecule has 3 rings (SSSR count). The molecule has 0 aliphatic carbocycles. The maximum absolute atomic E-state index is 12.9. The lowest BCUT2D eigenvalue weighted by atomic mass is 10.1. The number of likely N-dealkylation sites (tertiary alicyclic amines) is 1. The Labute approximate surface area is 165 Å². The summed E-state index contributed by atoms with van der Waals surface area (Å²) in [4.78, 5) is 14.7. The van der Waals surface area contributed by atoms with Crippen LogP contribution in [0.1, 0.15) is 29.6 Å². The van der Waals surface area contributed by atoms with Gasteiger partial charge in [-0.25, -0.2) is 8.42 Å². The van der Waals surface area contributed by atoms with Crippen molar-refractivity contribution in [1.82, 2.24) is 4.90 Å². The summed E-state index contributed by atoms with van der Waals surface area (Å²) in [7, 11) is -0.996. The van der Waals surface area contributed by atoms with Crippen molar-refractivity contribution < 1.29 is 22.7 Å². The number of nitrogens with zero attached hydrogens (tertiary/aromatic N) is 1. The number of methoxy groups -OCH3 is 2. The number of sulfonamides is 1. The number of para-hydroxylation sites is 1. The third kappa shape index (κ3) is 4.22. The van der Waals surface area contributed by atoms with Crippen LogP contribution in [0.2, 0.25) is 0 Å². The van der Waals surface area contributed by atoms with Crippen LogP contribution in [0.25, 0.3) is 0 Å². The van der Waals surface area contributed by atoms with E-state index in [1.165, 1.54) is 32.4 Å². The number of benzene rings is 2. The lowest BCUT2D eigenvalue weighted by molar-refractivity contribution is 0.0725. The van der Waals surface area contributed by atoms with Crippen molar-refractivity contribution in [2.45, 2.75) is 24.2 Å². The van der Waals surface area contributed by atoms with E-state index in [1.807, 2.05) is 0 Å². The zero-order valence-electron chi connectivity index (χ0n) is 16.0. The molecule has 0 unspecified atom stereocenters. The molecular weight excluding hydrogens is 380 g/mol. The molecule has 0 bridgehead atoms. The van der Waals surface area contributed by atoms with Gasteiger partial charge in [-0.3, -0.25) is 9.52 Å². The number of ether oxygens (including phenoxy) is 2. The SMILES string of the molecule is COc1ccc(S(=O)(=O)Nc2ccccc2C(=O)N2CCCCC2)cc1OC. The van der Waals surface area contributed by atoms with Crippen LogP contribution in [0, 0.1) is 0 Å². The molecule has 0 aromatic heterocycles. The number of carbonyl (C=O) groups excluding carboxylic acids is 1. The van der Waals surface area contributed by atoms with E-state index in [0.717, 1.165) is 19.3 Å². The van der Waals surface area contributed by atoms with Gasteiger partial charge in [-0.2, -0.15) is 0 Å². The summed E-state index contributed by atoms with van der Waals surface area (Å²) in [6, 6.07) is 11.0. The van der Waals surface area contributed by atoms with Gasteiger partial charge < -0.3 is 14.4 Å². The Bertz CT molecular complexity index is 953. The summed E-state index contributed by atoms with van der Waals surface area (Å²) in [6.45, 7) is 1.38. The second kappa shape index (κ2) is 8.52. The summed E-state index contributed by atoms with van der Waals surface area (Å²) in [5.74, 6) is 0.579. The normalized spacial score (nSPS) is 14.4. The Morgan fingerprint density at radius 2 is 1.64 bits per heavy atom. The quantitative estimate of drug-likeness (QED) is 0.800. The van der Waals surface area contributed by atoms with E-state index in [9.17, 15) is 13.2 Å². The predicted molar refractivity (Wildman–Crippen MR) is 107 cm³/mol. The maximum Gasteiger partial charge on any atom is 0.262 e. The first-order valence-corrected chi connectivity index (χ1v) is 10.6. The summed E-state index contributed by atoms with van der Waals surface area (Å²) in [5, 5.41) is 0. The van der Waals surface area contributed by atoms with E-state index in [0.29, 0.717) is 30.2 Å². The molecule has 0 saturated carbocycles. The highest BCUT2D eigenvalue weighted by molar-refractivity contribution is 7.92. The monoisotopic (exact) mass is 404 g/mol. The van der Waals surface area contributed by atoms with Crippen LogP contribution in [0.5, 0.6) is 11.5 Å². The van der Waals surface area contributed by atoms with Crippen LogP contribution in [-0.4, -0.2) is 46.5 Å². The van der Waals surface area contributed by atoms with Crippen LogP contribution in [0.4, 0.5) is 5.69 Å². The zero-order valence-corrected chi connectivity index (χ0v) is 16.8. The minimum Gasteiger partial charge on any atom is -0.493 e. The second-order valence-electron chi connectivity index (χ2n) is 6.52. The Morgan fingerprint density at radius 1 is 0.964 bits per heavy atom. The first-order chi connectivity index (χ1) is 13.5. The number of anilines is 1. The van der Waals surface area contributed by atoms with E-state index < -0.39 is 10.0 Å². The minimum absolute atomic E-state index is 0.0189. The molecule has 1 N–H and O–H groups in total. The molecule has 0 spiro atoms. The summed E-state index contributed by atoms with van der Waals surface area (Å²) in [6.07, 6.45) is 3.04. The largest absolute Gasteiger partial charge is 0.493 e. The van der Waals surface area contributed by atoms with Crippen molar-refractivity contribution in [3.63, 3.8) is 0 Å². The van der Waals surface area contributed by atoms with Crippen LogP contribution in [0.15, 0.2) is 47.4 Å². The van der Waals surface area contributed by atoms with Gasteiger partial charge in [0.2, 0.25) is 0 Å². The van der Waals surface area contributed by atoms with Crippen molar-refractivity contribution in [3.05, 3.63) is 48.0 Å². The van der Waals surface area contributed by atoms with Crippen molar-refractivity contribution in [2.24, 2.45) is 0 Å². The highest BCUT2D eigenvalue weighted by Crippen LogP contribution is 2.30. The third-order valence-corrected chi connectivity index (χ3v) is 6.07. The van der Waals surface area contributed by atoms with Crippen LogP contribution in [0.3, 0.4) is 0 Å². The van der Waals surface area contributed by atoms with Gasteiger partial charge in [0.15, 0.2) is 11.5 Å². The molecular formula is C20H24N2O5S. The maximum atomic E-state index is 12.9. The zero-order chi connectivity index (χ0) is 20.1. The summed E-state index contributed by atoms with van der Waals surface area (Å²) < 4.78 is 38.7. The molecule has 1 saturated heterocycles. The van der Waals surface area contributed by atoms with Gasteiger partial charge in [-0.15, -0.1) is 0 Å². The summed E-state index contributed by atoms with van der Waals surface area (Å²) >= 11 is 0. The fraction of sp³-hybridized carbons (Fsp3) is 0.350. The topological polar surface area (TPSA) is 84.9 Å². The molecule has 0 atom stereocenters. The molecule has 28 heavy (non-hydrogen) atoms. The lowest BCUT2D eigenvalue weighted by Gasteiger charge is -2.27. The number of amides is 1. The van der Waals surface area contributed by atoms with Gasteiger partial charge in [-0.1, -0.05) is 12.1 Å². The van der Waals surface area contributed by atoms with E-state index in [4.69, 9.17) is 9.47 Å². The van der Waals surface area contributed by atoms with Crippen molar-refractivity contribution in [2.75, 3.05) is 32.0 Å². The Morgan fingerprint density at radius 3 is 2.32 bits per heavy atom. The van der Waals surface area contributed by atoms with Gasteiger partial charge >= 0.3 is 0 Å². The van der Waals surface area contributed by atoms with Crippen molar-refractivity contribution >= 4 is 21.6 Å². The fourth-order valence-corrected chi connectivity index (χ4v) is 4.31. The number of hydrogen-bond donors (Lipinski definition) is 1. The van der Waals surface area contributed by atoms with Gasteiger partial charge in [0.25, 0.3) is 15.9 Å². The molecule has 8 heteroatoms. The molecule has 2 aromatic rings. The Kier molecular flexibility index (Phi) is 6.08. The van der Waals surface area contributed by atoms with E-state index in [2.05, 4.69) is 4.72 Å². The minimum atomic E-state index is -3.91. The number of rotatable bonds is 6. The third-order valence-electron chi connectivity index (χ3n) is 4.71. The first-order valence-electron chi connectivity index (χ1n) is 9.09. The number of carbonyl (C=O) groups is 1. The average molecular weight is 404 g/mol. The van der Waals surface area contributed by atoms with Crippen LogP contribution in [-0.2, 0) is 10.0 Å². The van der Waals surface area contributed by atoms with E-state index in [1.54, 1.807) is 29.2 Å². The molecule has 1 amide bonds. The Balaban J connectivity index is 1.90. The average Bonchev–Trinajstić information content (AvgIpc) is 2.73. The van der Waals surface area contributed by atoms with E-state index >= 15 is 0 Å². The van der Waals surface area contributed by atoms with Crippen molar-refractivity contribution in [3.8, 4) is 11.5 Å². The number of piperidine rings is 1. The highest BCUT2D eigenvalue weighted by atomic mass is 32.2. The molecule has 7 nitrogen and oxygen atoms in total. The van der Waals surface area contributed by atoms with Gasteiger partial charge in [-0.05, 0) is 43.5 Å². The molecule has 1 aliphatic rings. The first kappa shape index (κ1) is 20.0. The molecule has 0 radical (unpaired) electrons. The van der Waals surface area contributed by atoms with Gasteiger partial charge in [0.1, 0.15) is 0 Å². The highest BCUT2D eigenvalue weighted by Gasteiger charge is 2.24. The molecule has 1 heterocycles. The molecule has 1 aliphatic heterocycles. The lowest BCUT2D eigenvalue weighted by Crippen LogP contribution is -2.36. The Hall–Kier alpha value is -2.74. The summed E-state index contributed by atoms with van der Waals surface area (Å²) in [5.41, 5.74) is 0.598. The standard InChI is InChI=1S/C20H24N2O5S/c1-26-18-11-10-15(14-19(18)27-2)28(24,25)21-17-9-5-4-8-16(17)20(23)22-12-6-3-7-13-22/h4-5,8-11,14,21H,3,6-7,12-13H2,1-2H3. The smallest absolute Gasteiger partial charge is 0.262 e. The van der Waals surface area contributed by atoms with Crippen LogP contribution >= 0.6 is 0 Å². The molecule has 150 valence electrons. The van der Waals surface area contributed by atoms with Gasteiger partial charge in [0, 0.05) is 19.2 Å². The van der Waals surface area contributed by atoms with Crippen molar-refractivity contribution in [1.29, 1.82) is 0 Å².